The molecule has 0 N–H and O–H groups in total. The van der Waals surface area contributed by atoms with Crippen molar-refractivity contribution in [2.45, 2.75) is 44.6 Å². The van der Waals surface area contributed by atoms with Crippen molar-refractivity contribution >= 4 is 0 Å². The average molecular weight is 140 g/mol. The van der Waals surface area contributed by atoms with Crippen LogP contribution in [0.1, 0.15) is 39.0 Å². The van der Waals surface area contributed by atoms with E-state index in [9.17, 15) is 0 Å². The van der Waals surface area contributed by atoms with Crippen molar-refractivity contribution in [1.29, 1.82) is 0 Å². The van der Waals surface area contributed by atoms with Crippen LogP contribution in [-0.2, 0) is 4.74 Å². The van der Waals surface area contributed by atoms with E-state index >= 15 is 0 Å². The van der Waals surface area contributed by atoms with Crippen LogP contribution in [0.2, 0.25) is 0 Å². The molecular weight excluding hydrogens is 124 g/mol. The van der Waals surface area contributed by atoms with Gasteiger partial charge in [0.25, 0.3) is 0 Å². The lowest BCUT2D eigenvalue weighted by atomic mass is 9.72. The lowest BCUT2D eigenvalue weighted by molar-refractivity contribution is -0.140. The molecule has 2 rings (SSSR count). The topological polar surface area (TPSA) is 9.23 Å². The van der Waals surface area contributed by atoms with Crippen molar-refractivity contribution in [2.75, 3.05) is 6.61 Å². The van der Waals surface area contributed by atoms with E-state index in [4.69, 9.17) is 4.74 Å². The van der Waals surface area contributed by atoms with Crippen LogP contribution in [-0.4, -0.2) is 12.2 Å². The van der Waals surface area contributed by atoms with Crippen molar-refractivity contribution in [3.63, 3.8) is 0 Å². The molecule has 2 aliphatic rings. The molecule has 1 heterocycles. The fourth-order valence-electron chi connectivity index (χ4n) is 2.19. The summed E-state index contributed by atoms with van der Waals surface area (Å²) in [5, 5.41) is 0. The van der Waals surface area contributed by atoms with Gasteiger partial charge in [0, 0.05) is 6.61 Å². The van der Waals surface area contributed by atoms with Crippen LogP contribution < -0.4 is 0 Å². The van der Waals surface area contributed by atoms with Gasteiger partial charge in [-0.1, -0.05) is 6.92 Å². The second kappa shape index (κ2) is 2.23. The Hall–Kier alpha value is -0.0400. The first-order valence-electron chi connectivity index (χ1n) is 4.45. The van der Waals surface area contributed by atoms with Crippen LogP contribution in [0.3, 0.4) is 0 Å². The third-order valence-electron chi connectivity index (χ3n) is 3.00. The lowest BCUT2D eigenvalue weighted by Gasteiger charge is -2.46. The van der Waals surface area contributed by atoms with E-state index < -0.39 is 0 Å². The van der Waals surface area contributed by atoms with Gasteiger partial charge in [-0.25, -0.2) is 0 Å². The summed E-state index contributed by atoms with van der Waals surface area (Å²) in [4.78, 5) is 0. The van der Waals surface area contributed by atoms with Gasteiger partial charge in [0.2, 0.25) is 0 Å². The molecule has 0 aromatic carbocycles. The summed E-state index contributed by atoms with van der Waals surface area (Å²) < 4.78 is 5.77. The standard InChI is InChI=1S/C9H16O/c1-8-3-6-10-9(7-8)4-2-5-9/h8H,2-7H2,1H3/t8-/m0/s1. The molecule has 0 bridgehead atoms. The minimum absolute atomic E-state index is 0.373. The Kier molecular flexibility index (Phi) is 1.48. The molecule has 1 nitrogen and oxygen atoms in total. The molecule has 0 aromatic heterocycles. The summed E-state index contributed by atoms with van der Waals surface area (Å²) in [7, 11) is 0. The van der Waals surface area contributed by atoms with Gasteiger partial charge in [0.15, 0.2) is 0 Å². The third-order valence-corrected chi connectivity index (χ3v) is 3.00. The van der Waals surface area contributed by atoms with Gasteiger partial charge in [-0.2, -0.15) is 0 Å². The SMILES string of the molecule is C[C@H]1CCOC2(CCC2)C1. The molecule has 1 saturated carbocycles. The summed E-state index contributed by atoms with van der Waals surface area (Å²) >= 11 is 0. The third kappa shape index (κ3) is 0.968. The summed E-state index contributed by atoms with van der Waals surface area (Å²) in [6.07, 6.45) is 6.66. The van der Waals surface area contributed by atoms with Crippen LogP contribution in [0.15, 0.2) is 0 Å². The number of rotatable bonds is 0. The maximum atomic E-state index is 5.77. The van der Waals surface area contributed by atoms with Gasteiger partial charge in [0.05, 0.1) is 5.60 Å². The minimum atomic E-state index is 0.373. The first-order valence-corrected chi connectivity index (χ1v) is 4.45. The van der Waals surface area contributed by atoms with Gasteiger partial charge >= 0.3 is 0 Å². The van der Waals surface area contributed by atoms with Crippen LogP contribution in [0.25, 0.3) is 0 Å². The molecule has 58 valence electrons. The van der Waals surface area contributed by atoms with E-state index in [2.05, 4.69) is 6.92 Å². The van der Waals surface area contributed by atoms with E-state index in [0.29, 0.717) is 5.60 Å². The number of hydrogen-bond acceptors (Lipinski definition) is 1. The molecule has 10 heavy (non-hydrogen) atoms. The van der Waals surface area contributed by atoms with Crippen LogP contribution in [0.5, 0.6) is 0 Å². The number of hydrogen-bond donors (Lipinski definition) is 0. The second-order valence-corrected chi connectivity index (χ2v) is 3.98. The van der Waals surface area contributed by atoms with Crippen molar-refractivity contribution < 1.29 is 4.74 Å². The smallest absolute Gasteiger partial charge is 0.0685 e. The molecule has 0 aromatic rings. The summed E-state index contributed by atoms with van der Waals surface area (Å²) in [5.74, 6) is 0.911. The molecule has 0 radical (unpaired) electrons. The lowest BCUT2D eigenvalue weighted by Crippen LogP contribution is -2.44. The minimum Gasteiger partial charge on any atom is -0.375 e. The molecule has 1 saturated heterocycles. The van der Waals surface area contributed by atoms with Gasteiger partial charge < -0.3 is 4.74 Å². The highest BCUT2D eigenvalue weighted by Crippen LogP contribution is 2.43. The van der Waals surface area contributed by atoms with E-state index in [0.717, 1.165) is 12.5 Å². The first kappa shape index (κ1) is 6.66. The zero-order valence-corrected chi connectivity index (χ0v) is 6.73. The fraction of sp³-hybridized carbons (Fsp3) is 1.00. The molecule has 1 aliphatic heterocycles. The Morgan fingerprint density at radius 2 is 2.20 bits per heavy atom. The van der Waals surface area contributed by atoms with Crippen molar-refractivity contribution in [3.8, 4) is 0 Å². The van der Waals surface area contributed by atoms with E-state index in [-0.39, 0.29) is 0 Å². The summed E-state index contributed by atoms with van der Waals surface area (Å²) in [5.41, 5.74) is 0.373. The zero-order valence-electron chi connectivity index (χ0n) is 6.73. The predicted molar refractivity (Wildman–Crippen MR) is 40.9 cm³/mol. The average Bonchev–Trinajstić information content (AvgIpc) is 1.85. The summed E-state index contributed by atoms with van der Waals surface area (Å²) in [6, 6.07) is 0. The van der Waals surface area contributed by atoms with E-state index in [1.807, 2.05) is 0 Å². The highest BCUT2D eigenvalue weighted by molar-refractivity contribution is 4.92. The van der Waals surface area contributed by atoms with Crippen molar-refractivity contribution in [3.05, 3.63) is 0 Å². The van der Waals surface area contributed by atoms with E-state index in [1.54, 1.807) is 0 Å². The summed E-state index contributed by atoms with van der Waals surface area (Å²) in [6.45, 7) is 3.36. The Labute approximate surface area is 62.8 Å². The Morgan fingerprint density at radius 3 is 2.60 bits per heavy atom. The molecule has 2 fully saturated rings. The quantitative estimate of drug-likeness (QED) is 0.502. The molecule has 0 unspecified atom stereocenters. The maximum absolute atomic E-state index is 5.77. The predicted octanol–water partition coefficient (Wildman–Crippen LogP) is 2.36. The Morgan fingerprint density at radius 1 is 1.40 bits per heavy atom. The van der Waals surface area contributed by atoms with Gasteiger partial charge in [-0.3, -0.25) is 0 Å². The Bertz CT molecular complexity index is 127. The van der Waals surface area contributed by atoms with Crippen molar-refractivity contribution in [1.82, 2.24) is 0 Å². The maximum Gasteiger partial charge on any atom is 0.0685 e. The molecule has 1 heteroatoms. The van der Waals surface area contributed by atoms with Gasteiger partial charge in [-0.05, 0) is 38.0 Å². The number of ether oxygens (including phenoxy) is 1. The molecule has 1 spiro atoms. The van der Waals surface area contributed by atoms with Crippen molar-refractivity contribution in [2.24, 2.45) is 5.92 Å². The molecule has 1 aliphatic carbocycles. The molecule has 1 atom stereocenters. The van der Waals surface area contributed by atoms with Gasteiger partial charge in [0.1, 0.15) is 0 Å². The molecular formula is C9H16O. The van der Waals surface area contributed by atoms with Gasteiger partial charge in [-0.15, -0.1) is 0 Å². The van der Waals surface area contributed by atoms with Crippen LogP contribution in [0, 0.1) is 5.92 Å². The first-order chi connectivity index (χ1) is 4.81. The molecule has 0 amide bonds. The largest absolute Gasteiger partial charge is 0.375 e. The normalized spacial score (nSPS) is 37.5. The van der Waals surface area contributed by atoms with Crippen LogP contribution in [0.4, 0.5) is 0 Å². The fourth-order valence-corrected chi connectivity index (χ4v) is 2.19. The zero-order chi connectivity index (χ0) is 7.03. The highest BCUT2D eigenvalue weighted by atomic mass is 16.5. The highest BCUT2D eigenvalue weighted by Gasteiger charge is 2.41. The Balaban J connectivity index is 1.96. The second-order valence-electron chi connectivity index (χ2n) is 3.98. The van der Waals surface area contributed by atoms with Crippen LogP contribution >= 0.6 is 0 Å². The van der Waals surface area contributed by atoms with E-state index in [1.165, 1.54) is 32.1 Å². The monoisotopic (exact) mass is 140 g/mol.